The van der Waals surface area contributed by atoms with Gasteiger partial charge in [0.2, 0.25) is 22.8 Å². The van der Waals surface area contributed by atoms with Crippen LogP contribution < -0.4 is 5.32 Å². The van der Waals surface area contributed by atoms with Crippen molar-refractivity contribution in [2.45, 2.75) is 31.6 Å². The standard InChI is InChI=1S/C15H14N6O2S/c22-11(17-15-20-19-14(24-15)10-1-2-10)3-4-12-18-13(21-23-12)9-5-7-16-8-6-9/h5-8,10H,1-4H2,(H,17,20,22). The first-order valence-corrected chi connectivity index (χ1v) is 8.46. The van der Waals surface area contributed by atoms with Crippen LogP contribution in [-0.4, -0.2) is 31.2 Å². The number of nitrogens with zero attached hydrogens (tertiary/aromatic N) is 5. The number of amides is 1. The summed E-state index contributed by atoms with van der Waals surface area (Å²) in [4.78, 5) is 20.2. The van der Waals surface area contributed by atoms with E-state index in [9.17, 15) is 4.79 Å². The molecule has 1 N–H and O–H groups in total. The summed E-state index contributed by atoms with van der Waals surface area (Å²) in [7, 11) is 0. The van der Waals surface area contributed by atoms with Crippen LogP contribution in [0.5, 0.6) is 0 Å². The summed E-state index contributed by atoms with van der Waals surface area (Å²) in [6.07, 6.45) is 6.28. The Labute approximate surface area is 141 Å². The van der Waals surface area contributed by atoms with E-state index < -0.39 is 0 Å². The minimum Gasteiger partial charge on any atom is -0.339 e. The molecule has 1 aliphatic carbocycles. The lowest BCUT2D eigenvalue weighted by molar-refractivity contribution is -0.116. The van der Waals surface area contributed by atoms with E-state index in [1.165, 1.54) is 24.2 Å². The molecular formula is C15H14N6O2S. The van der Waals surface area contributed by atoms with E-state index in [0.717, 1.165) is 10.6 Å². The summed E-state index contributed by atoms with van der Waals surface area (Å²) in [5, 5.41) is 16.3. The van der Waals surface area contributed by atoms with Crippen LogP contribution in [0.25, 0.3) is 11.4 Å². The van der Waals surface area contributed by atoms with Crippen molar-refractivity contribution in [3.8, 4) is 11.4 Å². The number of hydrogen-bond acceptors (Lipinski definition) is 8. The average Bonchev–Trinajstić information content (AvgIpc) is 3.17. The molecule has 3 aromatic rings. The molecule has 0 bridgehead atoms. The summed E-state index contributed by atoms with van der Waals surface area (Å²) in [5.41, 5.74) is 0.825. The molecule has 0 spiro atoms. The monoisotopic (exact) mass is 342 g/mol. The Morgan fingerprint density at radius 3 is 2.92 bits per heavy atom. The van der Waals surface area contributed by atoms with Crippen LogP contribution in [0.3, 0.4) is 0 Å². The number of aryl methyl sites for hydroxylation is 1. The molecule has 4 rings (SSSR count). The molecule has 3 heterocycles. The second kappa shape index (κ2) is 6.44. The van der Waals surface area contributed by atoms with E-state index in [4.69, 9.17) is 4.52 Å². The first-order valence-electron chi connectivity index (χ1n) is 7.64. The highest BCUT2D eigenvalue weighted by Crippen LogP contribution is 2.42. The molecule has 0 unspecified atom stereocenters. The van der Waals surface area contributed by atoms with Gasteiger partial charge in [0, 0.05) is 36.7 Å². The summed E-state index contributed by atoms with van der Waals surface area (Å²) in [5.74, 6) is 1.31. The highest BCUT2D eigenvalue weighted by atomic mass is 32.1. The molecule has 0 aromatic carbocycles. The molecule has 0 radical (unpaired) electrons. The van der Waals surface area contributed by atoms with Gasteiger partial charge in [0.1, 0.15) is 5.01 Å². The molecule has 1 saturated carbocycles. The maximum atomic E-state index is 12.0. The fourth-order valence-corrected chi connectivity index (χ4v) is 3.09. The zero-order valence-corrected chi connectivity index (χ0v) is 13.5. The minimum atomic E-state index is -0.142. The normalized spacial score (nSPS) is 13.8. The Bertz CT molecular complexity index is 843. The second-order valence-corrected chi connectivity index (χ2v) is 6.52. The van der Waals surface area contributed by atoms with Gasteiger partial charge in [0.15, 0.2) is 0 Å². The van der Waals surface area contributed by atoms with Crippen molar-refractivity contribution in [3.05, 3.63) is 35.4 Å². The Hall–Kier alpha value is -2.68. The molecule has 1 fully saturated rings. The van der Waals surface area contributed by atoms with Crippen LogP contribution in [0.15, 0.2) is 29.0 Å². The topological polar surface area (TPSA) is 107 Å². The van der Waals surface area contributed by atoms with Gasteiger partial charge in [-0.05, 0) is 25.0 Å². The number of carbonyl (C=O) groups is 1. The summed E-state index contributed by atoms with van der Waals surface area (Å²) < 4.78 is 5.18. The molecule has 0 saturated heterocycles. The van der Waals surface area contributed by atoms with Crippen LogP contribution in [0.1, 0.15) is 36.1 Å². The second-order valence-electron chi connectivity index (χ2n) is 5.52. The van der Waals surface area contributed by atoms with Gasteiger partial charge in [0.25, 0.3) is 0 Å². The third-order valence-corrected chi connectivity index (χ3v) is 4.59. The lowest BCUT2D eigenvalue weighted by Crippen LogP contribution is -2.12. The first-order chi connectivity index (χ1) is 11.8. The van der Waals surface area contributed by atoms with E-state index in [1.807, 2.05) is 0 Å². The quantitative estimate of drug-likeness (QED) is 0.733. The maximum Gasteiger partial charge on any atom is 0.227 e. The Morgan fingerprint density at radius 2 is 2.12 bits per heavy atom. The molecule has 9 heteroatoms. The summed E-state index contributed by atoms with van der Waals surface area (Å²) in [6, 6.07) is 3.60. The SMILES string of the molecule is O=C(CCc1nc(-c2ccncc2)no1)Nc1nnc(C2CC2)s1. The molecule has 1 aliphatic rings. The number of anilines is 1. The third-order valence-electron chi connectivity index (χ3n) is 3.59. The molecule has 8 nitrogen and oxygen atoms in total. The Morgan fingerprint density at radius 1 is 1.29 bits per heavy atom. The van der Waals surface area contributed by atoms with Crippen molar-refractivity contribution in [3.63, 3.8) is 0 Å². The predicted molar refractivity (Wildman–Crippen MR) is 86.4 cm³/mol. The van der Waals surface area contributed by atoms with Crippen molar-refractivity contribution < 1.29 is 9.32 Å². The Balaban J connectivity index is 1.31. The van der Waals surface area contributed by atoms with Crippen LogP contribution in [0.2, 0.25) is 0 Å². The minimum absolute atomic E-state index is 0.142. The van der Waals surface area contributed by atoms with E-state index in [2.05, 4.69) is 30.6 Å². The van der Waals surface area contributed by atoms with E-state index >= 15 is 0 Å². The highest BCUT2D eigenvalue weighted by molar-refractivity contribution is 7.15. The number of hydrogen-bond donors (Lipinski definition) is 1. The molecule has 1 amide bonds. The fraction of sp³-hybridized carbons (Fsp3) is 0.333. The average molecular weight is 342 g/mol. The van der Waals surface area contributed by atoms with Crippen molar-refractivity contribution in [1.82, 2.24) is 25.3 Å². The van der Waals surface area contributed by atoms with Gasteiger partial charge in [-0.15, -0.1) is 10.2 Å². The van der Waals surface area contributed by atoms with Crippen LogP contribution >= 0.6 is 11.3 Å². The number of pyridine rings is 1. The van der Waals surface area contributed by atoms with E-state index in [1.54, 1.807) is 24.5 Å². The Kier molecular flexibility index (Phi) is 3.99. The smallest absolute Gasteiger partial charge is 0.227 e. The van der Waals surface area contributed by atoms with E-state index in [0.29, 0.717) is 29.2 Å². The summed E-state index contributed by atoms with van der Waals surface area (Å²) in [6.45, 7) is 0. The van der Waals surface area contributed by atoms with Crippen molar-refractivity contribution in [2.24, 2.45) is 0 Å². The lowest BCUT2D eigenvalue weighted by Gasteiger charge is -1.98. The number of nitrogens with one attached hydrogen (secondary N) is 1. The molecule has 24 heavy (non-hydrogen) atoms. The molecule has 3 aromatic heterocycles. The van der Waals surface area contributed by atoms with Crippen LogP contribution in [-0.2, 0) is 11.2 Å². The molecular weight excluding hydrogens is 328 g/mol. The molecule has 122 valence electrons. The van der Waals surface area contributed by atoms with Gasteiger partial charge in [-0.3, -0.25) is 9.78 Å². The molecule has 0 aliphatic heterocycles. The zero-order valence-electron chi connectivity index (χ0n) is 12.7. The van der Waals surface area contributed by atoms with Gasteiger partial charge in [-0.25, -0.2) is 0 Å². The lowest BCUT2D eigenvalue weighted by atomic mass is 10.2. The van der Waals surface area contributed by atoms with Crippen LogP contribution in [0, 0.1) is 0 Å². The maximum absolute atomic E-state index is 12.0. The number of aromatic nitrogens is 5. The van der Waals surface area contributed by atoms with Gasteiger partial charge in [-0.1, -0.05) is 16.5 Å². The van der Waals surface area contributed by atoms with Gasteiger partial charge >= 0.3 is 0 Å². The fourth-order valence-electron chi connectivity index (χ4n) is 2.16. The van der Waals surface area contributed by atoms with E-state index in [-0.39, 0.29) is 12.3 Å². The number of rotatable bonds is 6. The van der Waals surface area contributed by atoms with Crippen molar-refractivity contribution in [1.29, 1.82) is 0 Å². The highest BCUT2D eigenvalue weighted by Gasteiger charge is 2.27. The number of carbonyl (C=O) groups excluding carboxylic acids is 1. The zero-order chi connectivity index (χ0) is 16.4. The van der Waals surface area contributed by atoms with Crippen LogP contribution in [0.4, 0.5) is 5.13 Å². The first kappa shape index (κ1) is 14.9. The summed E-state index contributed by atoms with van der Waals surface area (Å²) >= 11 is 1.44. The third kappa shape index (κ3) is 3.46. The largest absolute Gasteiger partial charge is 0.339 e. The van der Waals surface area contributed by atoms with Crippen molar-refractivity contribution in [2.75, 3.05) is 5.32 Å². The predicted octanol–water partition coefficient (Wildman–Crippen LogP) is 2.43. The van der Waals surface area contributed by atoms with Gasteiger partial charge in [0.05, 0.1) is 0 Å². The van der Waals surface area contributed by atoms with Crippen molar-refractivity contribution >= 4 is 22.4 Å². The molecule has 0 atom stereocenters. The van der Waals surface area contributed by atoms with Gasteiger partial charge < -0.3 is 9.84 Å². The van der Waals surface area contributed by atoms with Gasteiger partial charge in [-0.2, -0.15) is 4.98 Å².